The lowest BCUT2D eigenvalue weighted by Crippen LogP contribution is -3.00. The van der Waals surface area contributed by atoms with Crippen molar-refractivity contribution >= 4 is 152 Å². The van der Waals surface area contributed by atoms with E-state index < -0.39 is 65.4 Å². The van der Waals surface area contributed by atoms with Crippen LogP contribution in [0.25, 0.3) is 0 Å². The van der Waals surface area contributed by atoms with E-state index in [0.29, 0.717) is 0 Å². The van der Waals surface area contributed by atoms with Gasteiger partial charge in [-0.1, -0.05) is 0 Å². The van der Waals surface area contributed by atoms with Crippen molar-refractivity contribution in [2.24, 2.45) is 0 Å². The maximum Gasteiger partial charge on any atom is 0.161 e. The molecule has 0 rings (SSSR count). The largest absolute Gasteiger partial charge is 1.00 e. The van der Waals surface area contributed by atoms with Gasteiger partial charge in [-0.05, 0) is 0 Å². The lowest BCUT2D eigenvalue weighted by Gasteiger charge is -2.15. The molecule has 0 aromatic heterocycles. The third kappa shape index (κ3) is 79.5. The normalized spacial score (nSPS) is 10.0. The van der Waals surface area contributed by atoms with E-state index in [4.69, 9.17) is 184 Å². The fraction of sp³-hybridized carbons (Fsp3) is 1.00. The molecule has 0 heterocycles. The Labute approximate surface area is 670 Å². The highest BCUT2D eigenvalue weighted by Crippen LogP contribution is 2.59. The van der Waals surface area contributed by atoms with Crippen LogP contribution < -0.4 is 112 Å². The van der Waals surface area contributed by atoms with Gasteiger partial charge in [0.15, 0.2) is 229 Å². The molecule has 0 saturated carbocycles. The van der Waals surface area contributed by atoms with E-state index in [0.717, 1.165) is 0 Å². The lowest BCUT2D eigenvalue weighted by atomic mass is 11.6. The van der Waals surface area contributed by atoms with Gasteiger partial charge in [-0.3, -0.25) is 0 Å². The molecule has 36 N–H and O–H groups in total. The van der Waals surface area contributed by atoms with Gasteiger partial charge in [0.05, 0.1) is 0 Å². The van der Waals surface area contributed by atoms with Crippen molar-refractivity contribution in [2.45, 2.75) is 0 Å². The van der Waals surface area contributed by atoms with E-state index in [2.05, 4.69) is 0 Å². The van der Waals surface area contributed by atoms with Crippen molar-refractivity contribution in [1.29, 1.82) is 0 Å². The first-order valence-corrected chi connectivity index (χ1v) is 45.5. The quantitative estimate of drug-likeness (QED) is 0.0259. The van der Waals surface area contributed by atoms with E-state index in [-0.39, 0.29) is 427 Å². The Kier molecular flexibility index (Phi) is 208. The fourth-order valence-electron chi connectivity index (χ4n) is 2.41. The predicted octanol–water partition coefficient (Wildman–Crippen LogP) is -34.8. The van der Waals surface area contributed by atoms with Crippen LogP contribution in [0.2, 0.25) is 0 Å². The molecule has 0 atom stereocenters. The number of aliphatic hydroxyl groups excluding tert-OH is 36. The summed E-state index contributed by atoms with van der Waals surface area (Å²) in [4.78, 5) is 0. The van der Waals surface area contributed by atoms with Gasteiger partial charge in [-0.2, -0.15) is 0 Å². The molecule has 0 aromatic carbocycles. The van der Waals surface area contributed by atoms with Gasteiger partial charge in [-0.15, -0.1) is 86.8 Å². The molecule has 0 amide bonds. The molecule has 0 aromatic rings. The van der Waals surface area contributed by atoms with Crippen LogP contribution in [0.3, 0.4) is 0 Å². The average molecular weight is 1970 g/mol. The first-order chi connectivity index (χ1) is 38.2. The summed E-state index contributed by atoms with van der Waals surface area (Å²) in [5.74, 6) is 0. The van der Waals surface area contributed by atoms with Crippen LogP contribution >= 0.6 is 152 Å². The Morgan fingerprint density at radius 3 is 0.103 bits per heavy atom. The van der Waals surface area contributed by atoms with E-state index in [1.165, 1.54) is 0 Å². The lowest BCUT2D eigenvalue weighted by molar-refractivity contribution is -0.00100. The first-order valence-electron chi connectivity index (χ1n) is 22.8. The van der Waals surface area contributed by atoms with Gasteiger partial charge < -0.3 is 295 Å². The Morgan fingerprint density at radius 1 is 0.0825 bits per heavy atom. The van der Waals surface area contributed by atoms with Crippen LogP contribution in [0.4, 0.5) is 0 Å². The summed E-state index contributed by atoms with van der Waals surface area (Å²) in [6.07, 6.45) is -10.6. The molecule has 61 heteroatoms. The monoisotopic (exact) mass is 1960 g/mol. The first kappa shape index (κ1) is 177. The maximum absolute atomic E-state index is 8.55. The molecule has 0 aliphatic carbocycles. The molecular formula is C36H115Cl16O36P9. The fourth-order valence-corrected chi connectivity index (χ4v) is 7.24. The molecule has 0 saturated heterocycles. The van der Waals surface area contributed by atoms with Gasteiger partial charge in [0.2, 0.25) is 0 Å². The molecule has 0 unspecified atom stereocenters. The standard InChI is InChI=1S/9C4H12O4P.16ClH/c9*5-1-9(2-6,3-7)4-8;;;;;;;;;;;;;;;;/h9*5-8H,1-4H2;16*1H/q9*+1;;;;;;;;;;;;;;;;/p-9. The number of aliphatic hydroxyl groups is 36. The maximum atomic E-state index is 8.55. The highest BCUT2D eigenvalue weighted by molar-refractivity contribution is 7.77. The molecule has 0 bridgehead atoms. The number of hydrogen-bond donors (Lipinski definition) is 36. The van der Waals surface area contributed by atoms with E-state index >= 15 is 0 Å². The van der Waals surface area contributed by atoms with Crippen LogP contribution in [0, 0.1) is 0 Å². The van der Waals surface area contributed by atoms with Crippen molar-refractivity contribution < 1.29 is 295 Å². The minimum atomic E-state index is -2.20. The van der Waals surface area contributed by atoms with Gasteiger partial charge in [-0.25, -0.2) is 0 Å². The molecule has 0 spiro atoms. The molecule has 0 fully saturated rings. The van der Waals surface area contributed by atoms with Gasteiger partial charge in [0.25, 0.3) is 0 Å². The van der Waals surface area contributed by atoms with Gasteiger partial charge in [0.1, 0.15) is 65.4 Å². The summed E-state index contributed by atoms with van der Waals surface area (Å²) < 4.78 is 0. The summed E-state index contributed by atoms with van der Waals surface area (Å²) in [5.41, 5.74) is 0. The second kappa shape index (κ2) is 114. The number of rotatable bonds is 36. The van der Waals surface area contributed by atoms with Gasteiger partial charge >= 0.3 is 0 Å². The Bertz CT molecular complexity index is 847. The predicted molar refractivity (Wildman–Crippen MR) is 368 cm³/mol. The molecule has 0 aliphatic heterocycles. The zero-order chi connectivity index (χ0) is 66.0. The van der Waals surface area contributed by atoms with E-state index in [1.54, 1.807) is 0 Å². The van der Waals surface area contributed by atoms with Crippen LogP contribution in [-0.2, 0) is 0 Å². The summed E-state index contributed by atoms with van der Waals surface area (Å²) >= 11 is 0. The summed E-state index contributed by atoms with van der Waals surface area (Å²) in [6.45, 7) is 0. The third-order valence-corrected chi connectivity index (χ3v) is 32.4. The molecule has 632 valence electrons. The van der Waals surface area contributed by atoms with E-state index in [1.807, 2.05) is 0 Å². The minimum Gasteiger partial charge on any atom is -1.00 e. The highest BCUT2D eigenvalue weighted by Gasteiger charge is 2.39. The molecule has 0 aliphatic rings. The zero-order valence-corrected chi connectivity index (χ0v) is 72.4. The average Bonchev–Trinajstić information content (AvgIpc) is 3.55. The Morgan fingerprint density at radius 2 is 0.103 bits per heavy atom. The number of halogens is 16. The topological polar surface area (TPSA) is 728 Å². The molecular weight excluding hydrogens is 1850 g/mol. The summed E-state index contributed by atoms with van der Waals surface area (Å²) in [7, 11) is -19.8. The van der Waals surface area contributed by atoms with Crippen molar-refractivity contribution in [1.82, 2.24) is 0 Å². The van der Waals surface area contributed by atoms with Crippen LogP contribution in [0.5, 0.6) is 0 Å². The van der Waals surface area contributed by atoms with Crippen molar-refractivity contribution in [2.75, 3.05) is 229 Å². The summed E-state index contributed by atoms with van der Waals surface area (Å²) in [5, 5.41) is 308. The van der Waals surface area contributed by atoms with Crippen molar-refractivity contribution in [3.05, 3.63) is 0 Å². The Balaban J connectivity index is -0.0000000256. The molecule has 0 radical (unpaired) electrons. The molecule has 97 heavy (non-hydrogen) atoms. The Hall–Kier alpha value is 7.07. The van der Waals surface area contributed by atoms with Crippen LogP contribution in [-0.4, -0.2) is 412 Å². The van der Waals surface area contributed by atoms with Crippen LogP contribution in [0.15, 0.2) is 0 Å². The van der Waals surface area contributed by atoms with Crippen molar-refractivity contribution in [3.63, 3.8) is 0 Å². The highest BCUT2D eigenvalue weighted by atomic mass is 35.5. The SMILES string of the molecule is Cl.Cl.Cl.Cl.Cl.Cl.Cl.OC[P+](CO)(CO)CO.OC[P+](CO)(CO)CO.OC[P+](CO)(CO)CO.OC[P+](CO)(CO)CO.OC[P+](CO)(CO)CO.OC[P+](CO)(CO)CO.OC[P+](CO)(CO)CO.OC[P+](CO)(CO)CO.OC[P+](CO)(CO)CO.[Cl-].[Cl-].[Cl-].[Cl-].[Cl-].[Cl-].[Cl-].[Cl-].[Cl-]. The zero-order valence-electron chi connectivity index (χ0n) is 51.8. The third-order valence-electron chi connectivity index (χ3n) is 10.8. The van der Waals surface area contributed by atoms with Gasteiger partial charge in [0, 0.05) is 0 Å². The summed E-state index contributed by atoms with van der Waals surface area (Å²) in [6, 6.07) is 0. The van der Waals surface area contributed by atoms with E-state index in [9.17, 15) is 0 Å². The second-order valence-electron chi connectivity index (χ2n) is 17.2. The van der Waals surface area contributed by atoms with Crippen molar-refractivity contribution in [3.8, 4) is 0 Å². The minimum absolute atomic E-state index is 0. The second-order valence-corrected chi connectivity index (χ2v) is 51.5. The van der Waals surface area contributed by atoms with Crippen LogP contribution in [0.1, 0.15) is 0 Å². The number of hydrogen-bond acceptors (Lipinski definition) is 36. The smallest absolute Gasteiger partial charge is 0.161 e. The molecule has 36 nitrogen and oxygen atoms in total.